The van der Waals surface area contributed by atoms with E-state index in [1.807, 2.05) is 29.6 Å². The Morgan fingerprint density at radius 3 is 2.84 bits per heavy atom. The van der Waals surface area contributed by atoms with E-state index < -0.39 is 0 Å². The van der Waals surface area contributed by atoms with Crippen molar-refractivity contribution < 1.29 is 4.74 Å². The van der Waals surface area contributed by atoms with Crippen LogP contribution in [0.3, 0.4) is 0 Å². The third kappa shape index (κ3) is 3.72. The third-order valence-electron chi connectivity index (χ3n) is 2.48. The van der Waals surface area contributed by atoms with Crippen LogP contribution in [-0.4, -0.2) is 10.7 Å². The van der Waals surface area contributed by atoms with Crippen molar-refractivity contribution in [3.63, 3.8) is 0 Å². The molecule has 0 amide bonds. The van der Waals surface area contributed by atoms with Crippen LogP contribution >= 0.6 is 35.3 Å². The molecule has 1 heterocycles. The monoisotopic (exact) mass is 309 g/mol. The van der Waals surface area contributed by atoms with Crippen LogP contribution in [0, 0.1) is 0 Å². The van der Waals surface area contributed by atoms with Crippen LogP contribution in [0.25, 0.3) is 0 Å². The number of thiophene rings is 1. The molecule has 0 saturated heterocycles. The first-order chi connectivity index (χ1) is 9.22. The lowest BCUT2D eigenvalue weighted by molar-refractivity contribution is 0.308. The standard InChI is InChI=1S/C14H15NOS3/c1-2-18-12-7-3-6-11(13(12)14(15)17)16-9-10-5-4-8-19-10/h3-8H,2,9H2,1H3,(H2,15,17). The summed E-state index contributed by atoms with van der Waals surface area (Å²) in [7, 11) is 0. The molecule has 100 valence electrons. The molecule has 5 heteroatoms. The summed E-state index contributed by atoms with van der Waals surface area (Å²) < 4.78 is 5.86. The maximum atomic E-state index is 5.86. The fourth-order valence-corrected chi connectivity index (χ4v) is 3.43. The highest BCUT2D eigenvalue weighted by Gasteiger charge is 2.12. The van der Waals surface area contributed by atoms with Crippen molar-refractivity contribution in [2.45, 2.75) is 18.4 Å². The van der Waals surface area contributed by atoms with Gasteiger partial charge in [0, 0.05) is 9.77 Å². The summed E-state index contributed by atoms with van der Waals surface area (Å²) >= 11 is 8.55. The summed E-state index contributed by atoms with van der Waals surface area (Å²) in [5.41, 5.74) is 6.68. The molecule has 0 spiro atoms. The van der Waals surface area contributed by atoms with Crippen LogP contribution in [0.5, 0.6) is 5.75 Å². The zero-order valence-electron chi connectivity index (χ0n) is 10.6. The molecular formula is C14H15NOS3. The molecule has 2 aromatic rings. The number of hydrogen-bond acceptors (Lipinski definition) is 4. The second kappa shape index (κ2) is 6.93. The van der Waals surface area contributed by atoms with Crippen LogP contribution in [0.15, 0.2) is 40.6 Å². The molecule has 0 atom stereocenters. The summed E-state index contributed by atoms with van der Waals surface area (Å²) in [6.07, 6.45) is 0. The fourth-order valence-electron chi connectivity index (χ4n) is 1.69. The van der Waals surface area contributed by atoms with E-state index in [-0.39, 0.29) is 0 Å². The van der Waals surface area contributed by atoms with Crippen molar-refractivity contribution in [2.75, 3.05) is 5.75 Å². The Bertz CT molecular complexity index is 552. The summed E-state index contributed by atoms with van der Waals surface area (Å²) in [6, 6.07) is 9.99. The minimum Gasteiger partial charge on any atom is -0.487 e. The van der Waals surface area contributed by atoms with Gasteiger partial charge in [-0.2, -0.15) is 0 Å². The Hall–Kier alpha value is -1.04. The fraction of sp³-hybridized carbons (Fsp3) is 0.214. The van der Waals surface area contributed by atoms with Gasteiger partial charge in [0.25, 0.3) is 0 Å². The van der Waals surface area contributed by atoms with Gasteiger partial charge in [-0.05, 0) is 29.3 Å². The molecule has 0 unspecified atom stereocenters. The van der Waals surface area contributed by atoms with Gasteiger partial charge in [-0.25, -0.2) is 0 Å². The molecule has 1 aromatic heterocycles. The average molecular weight is 309 g/mol. The lowest BCUT2D eigenvalue weighted by Crippen LogP contribution is -2.13. The maximum Gasteiger partial charge on any atom is 0.131 e. The number of ether oxygens (including phenoxy) is 1. The molecule has 0 saturated carbocycles. The van der Waals surface area contributed by atoms with Crippen molar-refractivity contribution in [3.8, 4) is 5.75 Å². The molecule has 1 aromatic carbocycles. The van der Waals surface area contributed by atoms with Gasteiger partial charge in [-0.15, -0.1) is 23.1 Å². The zero-order valence-corrected chi connectivity index (χ0v) is 13.0. The van der Waals surface area contributed by atoms with Crippen LogP contribution in [-0.2, 0) is 6.61 Å². The predicted octanol–water partition coefficient (Wildman–Crippen LogP) is 4.07. The highest BCUT2D eigenvalue weighted by Crippen LogP contribution is 2.30. The van der Waals surface area contributed by atoms with E-state index in [0.29, 0.717) is 11.6 Å². The summed E-state index contributed by atoms with van der Waals surface area (Å²) in [5, 5.41) is 2.04. The minimum absolute atomic E-state index is 0.387. The van der Waals surface area contributed by atoms with E-state index in [1.165, 1.54) is 4.88 Å². The largest absolute Gasteiger partial charge is 0.487 e. The molecular weight excluding hydrogens is 294 g/mol. The Balaban J connectivity index is 2.23. The van der Waals surface area contributed by atoms with Crippen LogP contribution in [0.4, 0.5) is 0 Å². The quantitative estimate of drug-likeness (QED) is 0.644. The van der Waals surface area contributed by atoms with Gasteiger partial charge in [-0.3, -0.25) is 0 Å². The molecule has 2 N–H and O–H groups in total. The lowest BCUT2D eigenvalue weighted by Gasteiger charge is -2.13. The van der Waals surface area contributed by atoms with E-state index in [4.69, 9.17) is 22.7 Å². The third-order valence-corrected chi connectivity index (χ3v) is 4.48. The number of thioether (sulfide) groups is 1. The number of nitrogens with two attached hydrogens (primary N) is 1. The SMILES string of the molecule is CCSc1cccc(OCc2cccs2)c1C(N)=S. The predicted molar refractivity (Wildman–Crippen MR) is 87.4 cm³/mol. The van der Waals surface area contributed by atoms with E-state index in [9.17, 15) is 0 Å². The van der Waals surface area contributed by atoms with Gasteiger partial charge in [-0.1, -0.05) is 31.3 Å². The van der Waals surface area contributed by atoms with E-state index in [1.54, 1.807) is 23.1 Å². The van der Waals surface area contributed by atoms with Crippen LogP contribution in [0.2, 0.25) is 0 Å². The first kappa shape index (κ1) is 14.4. The van der Waals surface area contributed by atoms with Crippen LogP contribution < -0.4 is 10.5 Å². The van der Waals surface area contributed by atoms with Gasteiger partial charge in [0.2, 0.25) is 0 Å². The number of thiocarbonyl (C=S) groups is 1. The molecule has 0 bridgehead atoms. The first-order valence-electron chi connectivity index (χ1n) is 5.93. The summed E-state index contributed by atoms with van der Waals surface area (Å²) in [6.45, 7) is 2.65. The number of benzene rings is 1. The topological polar surface area (TPSA) is 35.2 Å². The molecule has 2 nitrogen and oxygen atoms in total. The lowest BCUT2D eigenvalue weighted by atomic mass is 10.2. The molecule has 2 rings (SSSR count). The van der Waals surface area contributed by atoms with E-state index in [0.717, 1.165) is 22.0 Å². The second-order valence-electron chi connectivity index (χ2n) is 3.79. The summed E-state index contributed by atoms with van der Waals surface area (Å²) in [5.74, 6) is 1.74. The molecule has 0 fully saturated rings. The first-order valence-corrected chi connectivity index (χ1v) is 8.20. The minimum atomic E-state index is 0.387. The Kier molecular flexibility index (Phi) is 5.24. The second-order valence-corrected chi connectivity index (χ2v) is 6.57. The van der Waals surface area contributed by atoms with Gasteiger partial charge >= 0.3 is 0 Å². The van der Waals surface area contributed by atoms with Gasteiger partial charge in [0.15, 0.2) is 0 Å². The van der Waals surface area contributed by atoms with Crippen molar-refractivity contribution >= 4 is 40.3 Å². The van der Waals surface area contributed by atoms with Crippen molar-refractivity contribution in [2.24, 2.45) is 5.73 Å². The molecule has 0 aliphatic rings. The average Bonchev–Trinajstić information content (AvgIpc) is 2.89. The van der Waals surface area contributed by atoms with Crippen molar-refractivity contribution in [1.82, 2.24) is 0 Å². The molecule has 0 radical (unpaired) electrons. The normalized spacial score (nSPS) is 10.4. The van der Waals surface area contributed by atoms with E-state index >= 15 is 0 Å². The highest BCUT2D eigenvalue weighted by atomic mass is 32.2. The Morgan fingerprint density at radius 1 is 1.37 bits per heavy atom. The van der Waals surface area contributed by atoms with Gasteiger partial charge in [0.1, 0.15) is 17.3 Å². The van der Waals surface area contributed by atoms with Crippen LogP contribution in [0.1, 0.15) is 17.4 Å². The Labute approximate surface area is 127 Å². The molecule has 19 heavy (non-hydrogen) atoms. The van der Waals surface area contributed by atoms with Gasteiger partial charge in [0.05, 0.1) is 5.56 Å². The highest BCUT2D eigenvalue weighted by molar-refractivity contribution is 7.99. The number of rotatable bonds is 6. The van der Waals surface area contributed by atoms with E-state index in [2.05, 4.69) is 13.0 Å². The smallest absolute Gasteiger partial charge is 0.131 e. The molecule has 0 aliphatic carbocycles. The molecule has 0 aliphatic heterocycles. The Morgan fingerprint density at radius 2 is 2.21 bits per heavy atom. The summed E-state index contributed by atoms with van der Waals surface area (Å²) in [4.78, 5) is 2.65. The maximum absolute atomic E-state index is 5.86. The van der Waals surface area contributed by atoms with Gasteiger partial charge < -0.3 is 10.5 Å². The number of hydrogen-bond donors (Lipinski definition) is 1. The zero-order chi connectivity index (χ0) is 13.7. The van der Waals surface area contributed by atoms with Crippen molar-refractivity contribution in [3.05, 3.63) is 46.2 Å². The van der Waals surface area contributed by atoms with Crippen molar-refractivity contribution in [1.29, 1.82) is 0 Å².